The minimum Gasteiger partial charge on any atom is -0.479 e. The van der Waals surface area contributed by atoms with Crippen LogP contribution in [-0.4, -0.2) is 46.7 Å². The van der Waals surface area contributed by atoms with Gasteiger partial charge in [-0.15, -0.1) is 0 Å². The quantitative estimate of drug-likeness (QED) is 0.706. The van der Waals surface area contributed by atoms with E-state index in [2.05, 4.69) is 0 Å². The predicted octanol–water partition coefficient (Wildman–Crippen LogP) is 1.30. The van der Waals surface area contributed by atoms with Crippen LogP contribution in [0.25, 0.3) is 6.08 Å². The van der Waals surface area contributed by atoms with Crippen molar-refractivity contribution in [3.8, 4) is 0 Å². The fourth-order valence-electron chi connectivity index (χ4n) is 1.82. The highest BCUT2D eigenvalue weighted by Gasteiger charge is 2.33. The Bertz CT molecular complexity index is 485. The molecule has 1 aromatic carbocycles. The summed E-state index contributed by atoms with van der Waals surface area (Å²) in [5.41, 5.74) is 0.679. The first-order valence-corrected chi connectivity index (χ1v) is 6.42. The fourth-order valence-corrected chi connectivity index (χ4v) is 1.82. The first-order valence-electron chi connectivity index (χ1n) is 6.42. The van der Waals surface area contributed by atoms with Crippen LogP contribution in [0, 0.1) is 11.7 Å². The second-order valence-corrected chi connectivity index (χ2v) is 4.75. The van der Waals surface area contributed by atoms with E-state index in [9.17, 15) is 19.4 Å². The van der Waals surface area contributed by atoms with Crippen molar-refractivity contribution in [3.05, 3.63) is 41.7 Å². The summed E-state index contributed by atoms with van der Waals surface area (Å²) in [4.78, 5) is 10.9. The van der Waals surface area contributed by atoms with Crippen LogP contribution in [0.3, 0.4) is 0 Å². The molecule has 4 atom stereocenters. The second-order valence-electron chi connectivity index (χ2n) is 4.75. The number of carboxylic acids is 1. The Hall–Kier alpha value is -1.76. The lowest BCUT2D eigenvalue weighted by atomic mass is 9.93. The number of benzene rings is 1. The molecule has 3 N–H and O–H groups in total. The molecule has 0 aliphatic heterocycles. The molecule has 0 aliphatic rings. The lowest BCUT2D eigenvalue weighted by Gasteiger charge is -2.26. The fraction of sp³-hybridized carbons (Fsp3) is 0.400. The van der Waals surface area contributed by atoms with Crippen LogP contribution in [0.5, 0.6) is 0 Å². The van der Waals surface area contributed by atoms with Gasteiger partial charge < -0.3 is 20.1 Å². The lowest BCUT2D eigenvalue weighted by molar-refractivity contribution is -0.159. The molecule has 21 heavy (non-hydrogen) atoms. The van der Waals surface area contributed by atoms with E-state index in [1.807, 2.05) is 0 Å². The Labute approximate surface area is 122 Å². The van der Waals surface area contributed by atoms with Crippen molar-refractivity contribution in [2.24, 2.45) is 5.92 Å². The van der Waals surface area contributed by atoms with Crippen molar-refractivity contribution in [1.82, 2.24) is 0 Å². The van der Waals surface area contributed by atoms with E-state index < -0.39 is 30.2 Å². The van der Waals surface area contributed by atoms with Crippen LogP contribution >= 0.6 is 0 Å². The molecule has 0 spiro atoms. The van der Waals surface area contributed by atoms with Gasteiger partial charge in [0, 0.05) is 13.0 Å². The van der Waals surface area contributed by atoms with Gasteiger partial charge in [0.2, 0.25) is 0 Å². The molecule has 0 bridgehead atoms. The summed E-state index contributed by atoms with van der Waals surface area (Å²) in [5.74, 6) is -2.41. The van der Waals surface area contributed by atoms with Crippen LogP contribution < -0.4 is 0 Å². The van der Waals surface area contributed by atoms with E-state index in [0.29, 0.717) is 5.56 Å². The number of ether oxygens (including phenoxy) is 1. The van der Waals surface area contributed by atoms with Crippen molar-refractivity contribution < 1.29 is 29.2 Å². The number of carboxylic acid groups (broad SMARTS) is 1. The molecule has 1 rings (SSSR count). The highest BCUT2D eigenvalue weighted by Crippen LogP contribution is 2.17. The SMILES string of the molecule is CO[C@@H](C(=O)O)[C@H](O)[C@@H](C)[C@H](O)/C=C/c1ccc(F)cc1. The van der Waals surface area contributed by atoms with Gasteiger partial charge in [0.15, 0.2) is 6.10 Å². The molecule has 6 heteroatoms. The average molecular weight is 298 g/mol. The Balaban J connectivity index is 2.71. The highest BCUT2D eigenvalue weighted by molar-refractivity contribution is 5.73. The number of aliphatic hydroxyl groups excluding tert-OH is 2. The van der Waals surface area contributed by atoms with E-state index in [4.69, 9.17) is 9.84 Å². The third-order valence-electron chi connectivity index (χ3n) is 3.24. The average Bonchev–Trinajstić information content (AvgIpc) is 2.45. The zero-order chi connectivity index (χ0) is 16.0. The molecule has 116 valence electrons. The molecule has 5 nitrogen and oxygen atoms in total. The number of aliphatic hydroxyl groups is 2. The first kappa shape index (κ1) is 17.3. The second kappa shape index (κ2) is 7.87. The number of rotatable bonds is 7. The lowest BCUT2D eigenvalue weighted by Crippen LogP contribution is -2.43. The third-order valence-corrected chi connectivity index (χ3v) is 3.24. The summed E-state index contributed by atoms with van der Waals surface area (Å²) in [5, 5.41) is 28.8. The minimum absolute atomic E-state index is 0.360. The first-order chi connectivity index (χ1) is 9.86. The maximum absolute atomic E-state index is 12.7. The van der Waals surface area contributed by atoms with Crippen LogP contribution in [-0.2, 0) is 9.53 Å². The summed E-state index contributed by atoms with van der Waals surface area (Å²) >= 11 is 0. The van der Waals surface area contributed by atoms with Gasteiger partial charge in [-0.2, -0.15) is 0 Å². The van der Waals surface area contributed by atoms with Crippen molar-refractivity contribution >= 4 is 12.0 Å². The molecule has 0 amide bonds. The Kier molecular flexibility index (Phi) is 6.48. The molecule has 0 saturated heterocycles. The van der Waals surface area contributed by atoms with Gasteiger partial charge in [-0.05, 0) is 17.7 Å². The minimum atomic E-state index is -1.41. The van der Waals surface area contributed by atoms with Crippen molar-refractivity contribution in [2.75, 3.05) is 7.11 Å². The van der Waals surface area contributed by atoms with Crippen molar-refractivity contribution in [1.29, 1.82) is 0 Å². The number of hydrogen-bond acceptors (Lipinski definition) is 4. The standard InChI is InChI=1S/C15H19FO5/c1-9(13(18)14(21-2)15(19)20)12(17)8-5-10-3-6-11(16)7-4-10/h3-9,12-14,17-18H,1-2H3,(H,19,20)/b8-5+/t9-,12+,13+,14+/m0/s1. The van der Waals surface area contributed by atoms with Gasteiger partial charge >= 0.3 is 5.97 Å². The Morgan fingerprint density at radius 3 is 2.33 bits per heavy atom. The molecule has 0 unspecified atom stereocenters. The molecular weight excluding hydrogens is 279 g/mol. The normalized spacial score (nSPS) is 17.4. The number of halogens is 1. The highest BCUT2D eigenvalue weighted by atomic mass is 19.1. The number of carbonyl (C=O) groups is 1. The Morgan fingerprint density at radius 1 is 1.29 bits per heavy atom. The van der Waals surface area contributed by atoms with Gasteiger partial charge in [0.1, 0.15) is 5.82 Å². The van der Waals surface area contributed by atoms with Gasteiger partial charge in [-0.3, -0.25) is 0 Å². The summed E-state index contributed by atoms with van der Waals surface area (Å²) in [6.45, 7) is 1.51. The third kappa shape index (κ3) is 4.93. The molecule has 0 fully saturated rings. The van der Waals surface area contributed by atoms with Gasteiger partial charge in [-0.25, -0.2) is 9.18 Å². The largest absolute Gasteiger partial charge is 0.479 e. The zero-order valence-corrected chi connectivity index (χ0v) is 11.8. The summed E-state index contributed by atoms with van der Waals surface area (Å²) in [6, 6.07) is 5.65. The maximum atomic E-state index is 12.7. The van der Waals surface area contributed by atoms with Crippen LogP contribution in [0.1, 0.15) is 12.5 Å². The van der Waals surface area contributed by atoms with Gasteiger partial charge in [-0.1, -0.05) is 31.2 Å². The molecule has 0 heterocycles. The van der Waals surface area contributed by atoms with E-state index >= 15 is 0 Å². The predicted molar refractivity (Wildman–Crippen MR) is 75.0 cm³/mol. The summed E-state index contributed by atoms with van der Waals surface area (Å²) in [7, 11) is 1.18. The van der Waals surface area contributed by atoms with Crippen LogP contribution in [0.2, 0.25) is 0 Å². The van der Waals surface area contributed by atoms with Crippen molar-refractivity contribution in [2.45, 2.75) is 25.2 Å². The molecule has 0 saturated carbocycles. The summed E-state index contributed by atoms with van der Waals surface area (Å²) < 4.78 is 17.4. The van der Waals surface area contributed by atoms with E-state index in [1.165, 1.54) is 44.4 Å². The smallest absolute Gasteiger partial charge is 0.335 e. The molecule has 0 aliphatic carbocycles. The van der Waals surface area contributed by atoms with Gasteiger partial charge in [0.25, 0.3) is 0 Å². The van der Waals surface area contributed by atoms with Crippen molar-refractivity contribution in [3.63, 3.8) is 0 Å². The monoisotopic (exact) mass is 298 g/mol. The number of methoxy groups -OCH3 is 1. The molecule has 0 aromatic heterocycles. The van der Waals surface area contributed by atoms with E-state index in [0.717, 1.165) is 0 Å². The maximum Gasteiger partial charge on any atom is 0.335 e. The van der Waals surface area contributed by atoms with E-state index in [-0.39, 0.29) is 5.82 Å². The van der Waals surface area contributed by atoms with E-state index in [1.54, 1.807) is 6.08 Å². The zero-order valence-electron chi connectivity index (χ0n) is 11.8. The summed E-state index contributed by atoms with van der Waals surface area (Å²) in [6.07, 6.45) is -0.859. The van der Waals surface area contributed by atoms with Crippen LogP contribution in [0.15, 0.2) is 30.3 Å². The topological polar surface area (TPSA) is 87.0 Å². The number of aliphatic carboxylic acids is 1. The van der Waals surface area contributed by atoms with Crippen LogP contribution in [0.4, 0.5) is 4.39 Å². The number of hydrogen-bond donors (Lipinski definition) is 3. The molecule has 0 radical (unpaired) electrons. The molecular formula is C15H19FO5. The Morgan fingerprint density at radius 2 is 1.86 bits per heavy atom. The molecule has 1 aromatic rings. The van der Waals surface area contributed by atoms with Gasteiger partial charge in [0.05, 0.1) is 12.2 Å².